The Morgan fingerprint density at radius 2 is 2.00 bits per heavy atom. The van der Waals surface area contributed by atoms with Crippen LogP contribution in [0.1, 0.15) is 49.5 Å². The third-order valence-corrected chi connectivity index (χ3v) is 4.79. The first-order valence-electron chi connectivity index (χ1n) is 10.3. The summed E-state index contributed by atoms with van der Waals surface area (Å²) >= 11 is 0. The average molecular weight is 392 g/mol. The molecule has 1 fully saturated rings. The number of amides is 2. The van der Waals surface area contributed by atoms with Gasteiger partial charge in [0.25, 0.3) is 5.91 Å². The van der Waals surface area contributed by atoms with E-state index in [1.54, 1.807) is 11.1 Å². The van der Waals surface area contributed by atoms with Gasteiger partial charge in [0.1, 0.15) is 5.69 Å². The number of morpholine rings is 1. The molecule has 28 heavy (non-hydrogen) atoms. The molecular weight excluding hydrogens is 358 g/mol. The summed E-state index contributed by atoms with van der Waals surface area (Å²) in [5.74, 6) is -0.182. The van der Waals surface area contributed by atoms with Gasteiger partial charge in [0.05, 0.1) is 19.4 Å². The van der Waals surface area contributed by atoms with E-state index in [1.165, 1.54) is 12.4 Å². The Labute approximate surface area is 167 Å². The molecular formula is C20H33N5O3. The summed E-state index contributed by atoms with van der Waals surface area (Å²) in [4.78, 5) is 37.0. The first-order valence-corrected chi connectivity index (χ1v) is 10.3. The van der Waals surface area contributed by atoms with Crippen LogP contribution in [0.5, 0.6) is 0 Å². The minimum absolute atomic E-state index is 0.0191. The van der Waals surface area contributed by atoms with Crippen molar-refractivity contribution in [3.05, 3.63) is 24.3 Å². The van der Waals surface area contributed by atoms with Crippen molar-refractivity contribution in [2.24, 2.45) is 0 Å². The van der Waals surface area contributed by atoms with Gasteiger partial charge in [-0.05, 0) is 19.4 Å². The highest BCUT2D eigenvalue weighted by atomic mass is 16.5. The Morgan fingerprint density at radius 1 is 1.18 bits per heavy atom. The lowest BCUT2D eigenvalue weighted by atomic mass is 10.2. The van der Waals surface area contributed by atoms with Crippen LogP contribution >= 0.6 is 0 Å². The number of nitrogens with zero attached hydrogens (tertiary/aromatic N) is 4. The van der Waals surface area contributed by atoms with E-state index in [-0.39, 0.29) is 11.8 Å². The third kappa shape index (κ3) is 8.31. The van der Waals surface area contributed by atoms with Gasteiger partial charge in [-0.2, -0.15) is 0 Å². The van der Waals surface area contributed by atoms with Gasteiger partial charge in [-0.15, -0.1) is 0 Å². The van der Waals surface area contributed by atoms with Crippen LogP contribution in [-0.4, -0.2) is 84.1 Å². The number of hydrogen-bond acceptors (Lipinski definition) is 6. The standard InChI is InChI=1S/C20H33N5O3/c1-2-3-4-11-25(20(27)18-17-21-8-9-22-18)12-6-19(26)23-7-5-10-24-13-15-28-16-14-24/h8-9,17H,2-7,10-16H2,1H3,(H,23,26). The number of aromatic nitrogens is 2. The van der Waals surface area contributed by atoms with Crippen LogP contribution in [0.25, 0.3) is 0 Å². The van der Waals surface area contributed by atoms with Crippen molar-refractivity contribution in [3.63, 3.8) is 0 Å². The van der Waals surface area contributed by atoms with Crippen molar-refractivity contribution in [2.45, 2.75) is 39.0 Å². The number of carbonyl (C=O) groups is 2. The van der Waals surface area contributed by atoms with Crippen LogP contribution < -0.4 is 5.32 Å². The Balaban J connectivity index is 1.71. The first-order chi connectivity index (χ1) is 13.7. The number of nitrogens with one attached hydrogen (secondary N) is 1. The van der Waals surface area contributed by atoms with Crippen LogP contribution in [-0.2, 0) is 9.53 Å². The van der Waals surface area contributed by atoms with Crippen LogP contribution in [0.15, 0.2) is 18.6 Å². The maximum Gasteiger partial charge on any atom is 0.274 e. The second-order valence-electron chi connectivity index (χ2n) is 7.00. The first kappa shape index (κ1) is 22.2. The van der Waals surface area contributed by atoms with E-state index in [4.69, 9.17) is 4.74 Å². The van der Waals surface area contributed by atoms with Crippen molar-refractivity contribution in [1.82, 2.24) is 25.1 Å². The quantitative estimate of drug-likeness (QED) is 0.541. The summed E-state index contributed by atoms with van der Waals surface area (Å²) in [7, 11) is 0. The van der Waals surface area contributed by atoms with E-state index in [0.717, 1.165) is 58.5 Å². The number of unbranched alkanes of at least 4 members (excludes halogenated alkanes) is 2. The maximum atomic E-state index is 12.7. The molecule has 1 saturated heterocycles. The van der Waals surface area contributed by atoms with Gasteiger partial charge in [0.15, 0.2) is 0 Å². The topological polar surface area (TPSA) is 87.7 Å². The fourth-order valence-electron chi connectivity index (χ4n) is 3.12. The number of hydrogen-bond donors (Lipinski definition) is 1. The zero-order valence-electron chi connectivity index (χ0n) is 16.9. The molecule has 0 aliphatic carbocycles. The zero-order valence-corrected chi connectivity index (χ0v) is 16.9. The van der Waals surface area contributed by atoms with Crippen LogP contribution in [0, 0.1) is 0 Å². The smallest absolute Gasteiger partial charge is 0.274 e. The SMILES string of the molecule is CCCCCN(CCC(=O)NCCCN1CCOCC1)C(=O)c1cnccn1. The summed E-state index contributed by atoms with van der Waals surface area (Å²) in [5, 5.41) is 2.96. The van der Waals surface area contributed by atoms with Gasteiger partial charge in [0.2, 0.25) is 5.91 Å². The van der Waals surface area contributed by atoms with Gasteiger partial charge in [-0.1, -0.05) is 19.8 Å². The average Bonchev–Trinajstić information content (AvgIpc) is 2.74. The van der Waals surface area contributed by atoms with E-state index >= 15 is 0 Å². The van der Waals surface area contributed by atoms with E-state index < -0.39 is 0 Å². The van der Waals surface area contributed by atoms with Gasteiger partial charge in [-0.3, -0.25) is 19.5 Å². The second-order valence-corrected chi connectivity index (χ2v) is 7.00. The molecule has 0 aromatic carbocycles. The predicted octanol–water partition coefficient (Wildman–Crippen LogP) is 1.34. The highest BCUT2D eigenvalue weighted by molar-refractivity contribution is 5.92. The Hall–Kier alpha value is -2.06. The molecule has 1 aliphatic rings. The minimum Gasteiger partial charge on any atom is -0.379 e. The van der Waals surface area contributed by atoms with Crippen molar-refractivity contribution >= 4 is 11.8 Å². The van der Waals surface area contributed by atoms with Crippen LogP contribution in [0.2, 0.25) is 0 Å². The summed E-state index contributed by atoms with van der Waals surface area (Å²) in [6, 6.07) is 0. The summed E-state index contributed by atoms with van der Waals surface area (Å²) in [6.07, 6.45) is 8.81. The summed E-state index contributed by atoms with van der Waals surface area (Å²) in [5.41, 5.74) is 0.324. The van der Waals surface area contributed by atoms with E-state index in [1.807, 2.05) is 0 Å². The molecule has 0 saturated carbocycles. The summed E-state index contributed by atoms with van der Waals surface area (Å²) < 4.78 is 5.33. The summed E-state index contributed by atoms with van der Waals surface area (Å²) in [6.45, 7) is 8.29. The van der Waals surface area contributed by atoms with Crippen molar-refractivity contribution in [1.29, 1.82) is 0 Å². The van der Waals surface area contributed by atoms with E-state index in [2.05, 4.69) is 27.1 Å². The highest BCUT2D eigenvalue weighted by Gasteiger charge is 2.18. The molecule has 0 atom stereocenters. The van der Waals surface area contributed by atoms with E-state index in [9.17, 15) is 9.59 Å². The number of ether oxygens (including phenoxy) is 1. The molecule has 2 heterocycles. The maximum absolute atomic E-state index is 12.7. The van der Waals surface area contributed by atoms with Gasteiger partial charge < -0.3 is 15.0 Å². The molecule has 8 nitrogen and oxygen atoms in total. The van der Waals surface area contributed by atoms with E-state index in [0.29, 0.717) is 31.7 Å². The molecule has 0 unspecified atom stereocenters. The Kier molecular flexibility index (Phi) is 10.5. The number of carbonyl (C=O) groups excluding carboxylic acids is 2. The van der Waals surface area contributed by atoms with Crippen LogP contribution in [0.4, 0.5) is 0 Å². The molecule has 2 rings (SSSR count). The van der Waals surface area contributed by atoms with Gasteiger partial charge in [-0.25, -0.2) is 4.98 Å². The lowest BCUT2D eigenvalue weighted by Gasteiger charge is -2.26. The monoisotopic (exact) mass is 391 g/mol. The predicted molar refractivity (Wildman–Crippen MR) is 107 cm³/mol. The molecule has 1 aromatic heterocycles. The van der Waals surface area contributed by atoms with Crippen molar-refractivity contribution < 1.29 is 14.3 Å². The molecule has 8 heteroatoms. The molecule has 1 N–H and O–H groups in total. The minimum atomic E-state index is -0.163. The molecule has 2 amide bonds. The molecule has 0 radical (unpaired) electrons. The lowest BCUT2D eigenvalue weighted by molar-refractivity contribution is -0.121. The lowest BCUT2D eigenvalue weighted by Crippen LogP contribution is -2.39. The fourth-order valence-corrected chi connectivity index (χ4v) is 3.12. The van der Waals surface area contributed by atoms with Gasteiger partial charge in [0, 0.05) is 51.5 Å². The normalized spacial score (nSPS) is 14.6. The molecule has 1 aliphatic heterocycles. The highest BCUT2D eigenvalue weighted by Crippen LogP contribution is 2.05. The van der Waals surface area contributed by atoms with Gasteiger partial charge >= 0.3 is 0 Å². The fraction of sp³-hybridized carbons (Fsp3) is 0.700. The van der Waals surface area contributed by atoms with Crippen molar-refractivity contribution in [3.8, 4) is 0 Å². The second kappa shape index (κ2) is 13.2. The third-order valence-electron chi connectivity index (χ3n) is 4.79. The molecule has 1 aromatic rings. The number of rotatable bonds is 12. The van der Waals surface area contributed by atoms with Crippen LogP contribution in [0.3, 0.4) is 0 Å². The molecule has 156 valence electrons. The van der Waals surface area contributed by atoms with Crippen molar-refractivity contribution in [2.75, 3.05) is 52.5 Å². The Morgan fingerprint density at radius 3 is 2.71 bits per heavy atom. The molecule has 0 spiro atoms. The largest absolute Gasteiger partial charge is 0.379 e. The molecule has 0 bridgehead atoms. The zero-order chi connectivity index (χ0) is 20.0. The Bertz CT molecular complexity index is 578.